The normalized spacial score (nSPS) is 21.4. The number of carboxylic acids is 1. The fraction of sp³-hybridized carbons (Fsp3) is 0.545. The molecular weight excluding hydrogens is 325 g/mol. The van der Waals surface area contributed by atoms with Gasteiger partial charge in [0.2, 0.25) is 11.4 Å². The van der Waals surface area contributed by atoms with Gasteiger partial charge in [-0.2, -0.15) is 28.6 Å². The number of alkyl halides is 3. The lowest BCUT2D eigenvalue weighted by molar-refractivity contribution is -0.396. The van der Waals surface area contributed by atoms with Crippen LogP contribution in [0, 0.1) is 0 Å². The highest BCUT2D eigenvalue weighted by atomic mass is 19.4. The average molecular weight is 341 g/mol. The van der Waals surface area contributed by atoms with E-state index < -0.39 is 29.3 Å². The Morgan fingerprint density at radius 3 is 2.43 bits per heavy atom. The highest BCUT2D eigenvalue weighted by molar-refractivity contribution is 5.89. The van der Waals surface area contributed by atoms with E-state index >= 15 is 0 Å². The van der Waals surface area contributed by atoms with Crippen LogP contribution in [-0.2, 0) is 13.5 Å². The Morgan fingerprint density at radius 1 is 1.39 bits per heavy atom. The van der Waals surface area contributed by atoms with Gasteiger partial charge < -0.3 is 14.8 Å². The molecule has 1 aromatic rings. The van der Waals surface area contributed by atoms with Crippen molar-refractivity contribution in [1.29, 1.82) is 0 Å². The molecule has 1 aliphatic rings. The highest BCUT2D eigenvalue weighted by Gasteiger charge is 2.58. The third-order valence-corrected chi connectivity index (χ3v) is 3.71. The molecule has 0 aromatic carbocycles. The van der Waals surface area contributed by atoms with E-state index in [-0.39, 0.29) is 28.4 Å². The maximum atomic E-state index is 12.9. The molecule has 1 atom stereocenters. The van der Waals surface area contributed by atoms with Crippen molar-refractivity contribution in [3.05, 3.63) is 17.5 Å². The minimum Gasteiger partial charge on any atom is -0.477 e. The van der Waals surface area contributed by atoms with Crippen LogP contribution in [0.15, 0.2) is 6.20 Å². The zero-order valence-corrected chi connectivity index (χ0v) is 12.2. The van der Waals surface area contributed by atoms with E-state index in [1.54, 1.807) is 5.53 Å². The third-order valence-electron chi connectivity index (χ3n) is 3.71. The van der Waals surface area contributed by atoms with Crippen LogP contribution in [0.3, 0.4) is 0 Å². The summed E-state index contributed by atoms with van der Waals surface area (Å²) in [6.45, 7) is -0.0843. The Bertz CT molecular complexity index is 640. The van der Waals surface area contributed by atoms with Crippen LogP contribution in [0.25, 0.3) is 0 Å². The number of carbonyl (C=O) groups is 1. The van der Waals surface area contributed by atoms with Crippen LogP contribution < -0.4 is 10.5 Å². The van der Waals surface area contributed by atoms with Gasteiger partial charge in [0.25, 0.3) is 0 Å². The van der Waals surface area contributed by atoms with Crippen LogP contribution >= 0.6 is 0 Å². The molecular formula is C11H16F3N4O5+. The number of hydrogen-bond acceptors (Lipinski definition) is 6. The van der Waals surface area contributed by atoms with Gasteiger partial charge >= 0.3 is 12.1 Å². The van der Waals surface area contributed by atoms with E-state index in [9.17, 15) is 38.6 Å². The maximum Gasteiger partial charge on any atom is 0.432 e. The van der Waals surface area contributed by atoms with Gasteiger partial charge in [-0.3, -0.25) is 0 Å². The predicted octanol–water partition coefficient (Wildman–Crippen LogP) is 0.357. The number of hydrazine groups is 1. The zero-order valence-electron chi connectivity index (χ0n) is 12.2. The van der Waals surface area contributed by atoms with Gasteiger partial charge in [0.05, 0.1) is 16.7 Å². The Morgan fingerprint density at radius 2 is 1.96 bits per heavy atom. The number of carboxylic acid groups (broad SMARTS) is 1. The first-order chi connectivity index (χ1) is 10.3. The number of hydrogen-bond donors (Lipinski definition) is 5. The average Bonchev–Trinajstić information content (AvgIpc) is 2.64. The molecule has 0 aliphatic carbocycles. The lowest BCUT2D eigenvalue weighted by Crippen LogP contribution is -2.70. The molecule has 0 fully saturated rings. The Labute approximate surface area is 127 Å². The summed E-state index contributed by atoms with van der Waals surface area (Å²) >= 11 is 0. The van der Waals surface area contributed by atoms with Crippen molar-refractivity contribution in [1.82, 2.24) is 20.0 Å². The highest BCUT2D eigenvalue weighted by Crippen LogP contribution is 2.36. The lowest BCUT2D eigenvalue weighted by Gasteiger charge is -2.37. The number of aliphatic hydroxyl groups is 1. The first kappa shape index (κ1) is 17.7. The fourth-order valence-electron chi connectivity index (χ4n) is 2.42. The zero-order chi connectivity index (χ0) is 17.8. The van der Waals surface area contributed by atoms with Crippen LogP contribution in [-0.4, -0.2) is 54.6 Å². The van der Waals surface area contributed by atoms with Crippen LogP contribution in [0.2, 0.25) is 0 Å². The number of aryl methyl sites for hydroxylation is 1. The van der Waals surface area contributed by atoms with Gasteiger partial charge in [-0.05, 0) is 18.9 Å². The van der Waals surface area contributed by atoms with Crippen molar-refractivity contribution >= 4 is 11.7 Å². The Kier molecular flexibility index (Phi) is 3.96. The van der Waals surface area contributed by atoms with E-state index in [1.165, 1.54) is 7.05 Å². The number of nitrogens with zero attached hydrogens (tertiary/aromatic N) is 3. The van der Waals surface area contributed by atoms with Gasteiger partial charge in [-0.25, -0.2) is 4.79 Å². The van der Waals surface area contributed by atoms with E-state index in [2.05, 4.69) is 0 Å². The van der Waals surface area contributed by atoms with Crippen LogP contribution in [0.1, 0.15) is 23.0 Å². The van der Waals surface area contributed by atoms with Crippen molar-refractivity contribution in [3.8, 4) is 0 Å². The smallest absolute Gasteiger partial charge is 0.432 e. The summed E-state index contributed by atoms with van der Waals surface area (Å²) in [5, 5.41) is 39.0. The fourth-order valence-corrected chi connectivity index (χ4v) is 2.42. The van der Waals surface area contributed by atoms with E-state index in [0.29, 0.717) is 6.92 Å². The molecule has 0 spiro atoms. The molecule has 130 valence electrons. The molecule has 2 rings (SSSR count). The van der Waals surface area contributed by atoms with Crippen molar-refractivity contribution in [3.63, 3.8) is 0 Å². The van der Waals surface area contributed by atoms with Gasteiger partial charge in [0.1, 0.15) is 5.69 Å². The number of aromatic nitrogens is 1. The number of halogens is 3. The molecule has 1 aromatic heterocycles. The molecule has 0 saturated carbocycles. The van der Waals surface area contributed by atoms with Crippen molar-refractivity contribution in [2.24, 2.45) is 7.05 Å². The van der Waals surface area contributed by atoms with Gasteiger partial charge in [-0.15, -0.1) is 0 Å². The second-order valence-electron chi connectivity index (χ2n) is 5.38. The largest absolute Gasteiger partial charge is 0.477 e. The second-order valence-corrected chi connectivity index (χ2v) is 5.38. The number of quaternary nitrogens is 1. The standard InChI is InChI=1S/C11H15F3N4O5/c1-10(21,11(12,13)14)17-4-3-6-7(18(22,23)15-17)5-16(2)8(6)9(19)20/h5,15,21-23H,3-4H2,1-2H3/p+1. The maximum absolute atomic E-state index is 12.9. The molecule has 9 nitrogen and oxygen atoms in total. The van der Waals surface area contributed by atoms with Crippen molar-refractivity contribution < 1.29 is 38.6 Å². The molecule has 1 aliphatic heterocycles. The Balaban J connectivity index is 2.49. The summed E-state index contributed by atoms with van der Waals surface area (Å²) in [6.07, 6.45) is -4.29. The first-order valence-electron chi connectivity index (χ1n) is 6.40. The summed E-state index contributed by atoms with van der Waals surface area (Å²) in [5.41, 5.74) is -2.37. The SMILES string of the molecule is Cn1cc2c(c1C(=O)O)CCN(C(C)(O)C(F)(F)F)N[N+]2(O)O. The minimum absolute atomic E-state index is 0.0574. The monoisotopic (exact) mass is 341 g/mol. The molecule has 0 amide bonds. The van der Waals surface area contributed by atoms with E-state index in [1.807, 2.05) is 0 Å². The van der Waals surface area contributed by atoms with Crippen molar-refractivity contribution in [2.75, 3.05) is 6.54 Å². The molecule has 0 saturated heterocycles. The first-order valence-corrected chi connectivity index (χ1v) is 6.40. The molecule has 5 N–H and O–H groups in total. The summed E-state index contributed by atoms with van der Waals surface area (Å²) in [7, 11) is 1.35. The molecule has 12 heteroatoms. The second kappa shape index (κ2) is 5.15. The summed E-state index contributed by atoms with van der Waals surface area (Å²) in [4.78, 5) is 9.03. The van der Waals surface area contributed by atoms with Gasteiger partial charge in [0.15, 0.2) is 0 Å². The van der Waals surface area contributed by atoms with Gasteiger partial charge in [-0.1, -0.05) is 0 Å². The lowest BCUT2D eigenvalue weighted by atomic mass is 10.1. The molecule has 0 bridgehead atoms. The number of fused-ring (bicyclic) bond motifs is 1. The molecule has 2 heterocycles. The number of nitrogens with one attached hydrogen (secondary N) is 1. The molecule has 1 unspecified atom stereocenters. The molecule has 23 heavy (non-hydrogen) atoms. The topological polar surface area (TPSA) is 118 Å². The predicted molar refractivity (Wildman–Crippen MR) is 68.0 cm³/mol. The van der Waals surface area contributed by atoms with Crippen LogP contribution in [0.4, 0.5) is 18.9 Å². The van der Waals surface area contributed by atoms with Crippen molar-refractivity contribution in [2.45, 2.75) is 25.2 Å². The minimum atomic E-state index is -5.09. The summed E-state index contributed by atoms with van der Waals surface area (Å²) in [6, 6.07) is 0. The van der Waals surface area contributed by atoms with Gasteiger partial charge in [0, 0.05) is 13.6 Å². The Hall–Kier alpha value is -1.70. The summed E-state index contributed by atoms with van der Waals surface area (Å²) < 4.78 is 39.9. The number of rotatable bonds is 2. The summed E-state index contributed by atoms with van der Waals surface area (Å²) in [5.74, 6) is -1.37. The van der Waals surface area contributed by atoms with E-state index in [0.717, 1.165) is 10.8 Å². The quantitative estimate of drug-likeness (QED) is 0.493. The number of aromatic carboxylic acids is 1. The van der Waals surface area contributed by atoms with E-state index in [4.69, 9.17) is 0 Å². The van der Waals surface area contributed by atoms with Crippen LogP contribution in [0.5, 0.6) is 0 Å². The third kappa shape index (κ3) is 2.80. The molecule has 0 radical (unpaired) electrons.